The van der Waals surface area contributed by atoms with E-state index in [9.17, 15) is 9.59 Å². The van der Waals surface area contributed by atoms with Crippen molar-refractivity contribution in [3.63, 3.8) is 0 Å². The zero-order valence-corrected chi connectivity index (χ0v) is 18.8. The van der Waals surface area contributed by atoms with Crippen molar-refractivity contribution in [3.8, 4) is 0 Å². The maximum absolute atomic E-state index is 12.5. The fourth-order valence-corrected chi connectivity index (χ4v) is 5.11. The van der Waals surface area contributed by atoms with Crippen molar-refractivity contribution in [1.29, 1.82) is 0 Å². The molecule has 1 atom stereocenters. The molecule has 5 nitrogen and oxygen atoms in total. The Morgan fingerprint density at radius 1 is 1.36 bits per heavy atom. The van der Waals surface area contributed by atoms with E-state index < -0.39 is 0 Å². The molecule has 1 aliphatic rings. The lowest BCUT2D eigenvalue weighted by molar-refractivity contribution is -0.114. The number of anilines is 2. The average molecular weight is 465 g/mol. The minimum atomic E-state index is -0.347. The van der Waals surface area contributed by atoms with Gasteiger partial charge in [0.2, 0.25) is 5.91 Å². The standard InChI is InChI=1S/C21H25BrN2O3S/c1-4-27-21(26)19-15-8-5-12(2)9-17(15)28-20(19)24-18(25)11-23-14-7-6-13(3)16(22)10-14/h6-7,10,12,23H,4-5,8-9,11H2,1-3H3,(H,24,25). The van der Waals surface area contributed by atoms with Gasteiger partial charge >= 0.3 is 5.97 Å². The third kappa shape index (κ3) is 4.75. The van der Waals surface area contributed by atoms with Crippen LogP contribution in [0, 0.1) is 12.8 Å². The molecule has 1 aromatic carbocycles. The molecular weight excluding hydrogens is 440 g/mol. The van der Waals surface area contributed by atoms with Crippen molar-refractivity contribution in [2.75, 3.05) is 23.8 Å². The summed E-state index contributed by atoms with van der Waals surface area (Å²) in [6.07, 6.45) is 2.85. The quantitative estimate of drug-likeness (QED) is 0.578. The summed E-state index contributed by atoms with van der Waals surface area (Å²) in [5.74, 6) is 0.0561. The van der Waals surface area contributed by atoms with Gasteiger partial charge in [0.15, 0.2) is 0 Å². The van der Waals surface area contributed by atoms with E-state index in [0.717, 1.165) is 40.5 Å². The SMILES string of the molecule is CCOC(=O)c1c(NC(=O)CNc2ccc(C)c(Br)c2)sc2c1CCC(C)C2. The fourth-order valence-electron chi connectivity index (χ4n) is 3.31. The first-order chi connectivity index (χ1) is 13.4. The highest BCUT2D eigenvalue weighted by Crippen LogP contribution is 2.40. The number of thiophene rings is 1. The smallest absolute Gasteiger partial charge is 0.341 e. The second-order valence-corrected chi connectivity index (χ2v) is 9.10. The molecule has 1 unspecified atom stereocenters. The van der Waals surface area contributed by atoms with Crippen LogP contribution in [-0.2, 0) is 22.4 Å². The van der Waals surface area contributed by atoms with Gasteiger partial charge in [0.05, 0.1) is 18.7 Å². The van der Waals surface area contributed by atoms with Crippen molar-refractivity contribution in [2.24, 2.45) is 5.92 Å². The van der Waals surface area contributed by atoms with Gasteiger partial charge in [-0.15, -0.1) is 11.3 Å². The Morgan fingerprint density at radius 3 is 2.86 bits per heavy atom. The fraction of sp³-hybridized carbons (Fsp3) is 0.429. The molecule has 2 aromatic rings. The largest absolute Gasteiger partial charge is 0.462 e. The molecule has 0 saturated heterocycles. The first kappa shape index (κ1) is 20.9. The number of ether oxygens (including phenoxy) is 1. The molecule has 0 fully saturated rings. The van der Waals surface area contributed by atoms with Crippen LogP contribution in [0.2, 0.25) is 0 Å². The van der Waals surface area contributed by atoms with Crippen molar-refractivity contribution >= 4 is 49.8 Å². The second kappa shape index (κ2) is 9.09. The molecule has 0 bridgehead atoms. The molecule has 3 rings (SSSR count). The van der Waals surface area contributed by atoms with Crippen LogP contribution in [0.4, 0.5) is 10.7 Å². The Labute approximate surface area is 178 Å². The highest BCUT2D eigenvalue weighted by Gasteiger charge is 2.29. The molecule has 0 radical (unpaired) electrons. The average Bonchev–Trinajstić information content (AvgIpc) is 2.99. The third-order valence-electron chi connectivity index (χ3n) is 4.87. The maximum atomic E-state index is 12.5. The van der Waals surface area contributed by atoms with Crippen LogP contribution < -0.4 is 10.6 Å². The summed E-state index contributed by atoms with van der Waals surface area (Å²) in [4.78, 5) is 26.2. The Hall–Kier alpha value is -1.86. The predicted molar refractivity (Wildman–Crippen MR) is 117 cm³/mol. The van der Waals surface area contributed by atoms with E-state index in [2.05, 4.69) is 33.5 Å². The van der Waals surface area contributed by atoms with Gasteiger partial charge in [-0.2, -0.15) is 0 Å². The van der Waals surface area contributed by atoms with E-state index in [-0.39, 0.29) is 18.4 Å². The minimum Gasteiger partial charge on any atom is -0.462 e. The summed E-state index contributed by atoms with van der Waals surface area (Å²) < 4.78 is 6.24. The van der Waals surface area contributed by atoms with E-state index in [1.54, 1.807) is 6.92 Å². The van der Waals surface area contributed by atoms with Gasteiger partial charge in [0, 0.05) is 15.0 Å². The van der Waals surface area contributed by atoms with Crippen LogP contribution in [0.5, 0.6) is 0 Å². The molecule has 28 heavy (non-hydrogen) atoms. The van der Waals surface area contributed by atoms with Gasteiger partial charge < -0.3 is 15.4 Å². The van der Waals surface area contributed by atoms with Crippen molar-refractivity contribution in [1.82, 2.24) is 0 Å². The summed E-state index contributed by atoms with van der Waals surface area (Å²) in [5, 5.41) is 6.65. The van der Waals surface area contributed by atoms with E-state index in [1.165, 1.54) is 16.2 Å². The van der Waals surface area contributed by atoms with Crippen LogP contribution in [0.3, 0.4) is 0 Å². The lowest BCUT2D eigenvalue weighted by atomic mass is 9.88. The number of hydrogen-bond donors (Lipinski definition) is 2. The number of esters is 1. The molecular formula is C21H25BrN2O3S. The van der Waals surface area contributed by atoms with Crippen molar-refractivity contribution in [3.05, 3.63) is 44.2 Å². The minimum absolute atomic E-state index is 0.122. The van der Waals surface area contributed by atoms with Crippen LogP contribution in [0.15, 0.2) is 22.7 Å². The van der Waals surface area contributed by atoms with Gasteiger partial charge in [-0.3, -0.25) is 4.79 Å². The van der Waals surface area contributed by atoms with Crippen LogP contribution in [0.1, 0.15) is 46.6 Å². The van der Waals surface area contributed by atoms with E-state index >= 15 is 0 Å². The Bertz CT molecular complexity index is 894. The third-order valence-corrected chi connectivity index (χ3v) is 6.89. The van der Waals surface area contributed by atoms with Crippen LogP contribution in [0.25, 0.3) is 0 Å². The highest BCUT2D eigenvalue weighted by molar-refractivity contribution is 9.10. The van der Waals surface area contributed by atoms with E-state index in [4.69, 9.17) is 4.74 Å². The number of carbonyl (C=O) groups excluding carboxylic acids is 2. The Kier molecular flexibility index (Phi) is 6.78. The highest BCUT2D eigenvalue weighted by atomic mass is 79.9. The summed E-state index contributed by atoms with van der Waals surface area (Å²) in [5.41, 5.74) is 3.58. The molecule has 150 valence electrons. The van der Waals surface area contributed by atoms with Gasteiger partial charge in [-0.25, -0.2) is 4.79 Å². The molecule has 1 aliphatic carbocycles. The van der Waals surface area contributed by atoms with E-state index in [1.807, 2.05) is 25.1 Å². The topological polar surface area (TPSA) is 67.4 Å². The zero-order chi connectivity index (χ0) is 20.3. The Balaban J connectivity index is 1.74. The molecule has 0 spiro atoms. The predicted octanol–water partition coefficient (Wildman–Crippen LogP) is 5.17. The van der Waals surface area contributed by atoms with Gasteiger partial charge in [0.1, 0.15) is 5.00 Å². The number of halogens is 1. The first-order valence-electron chi connectivity index (χ1n) is 9.50. The summed E-state index contributed by atoms with van der Waals surface area (Å²) >= 11 is 5.00. The van der Waals surface area contributed by atoms with Gasteiger partial charge in [-0.05, 0) is 62.3 Å². The van der Waals surface area contributed by atoms with Crippen LogP contribution >= 0.6 is 27.3 Å². The molecule has 0 aliphatic heterocycles. The summed E-state index contributed by atoms with van der Waals surface area (Å²) in [7, 11) is 0. The molecule has 2 N–H and O–H groups in total. The Morgan fingerprint density at radius 2 is 2.14 bits per heavy atom. The van der Waals surface area contributed by atoms with Gasteiger partial charge in [0.25, 0.3) is 0 Å². The number of fused-ring (bicyclic) bond motifs is 1. The normalized spacial score (nSPS) is 15.6. The number of carbonyl (C=O) groups is 2. The molecule has 1 aromatic heterocycles. The number of benzene rings is 1. The number of rotatable bonds is 6. The lowest BCUT2D eigenvalue weighted by Crippen LogP contribution is -2.22. The number of nitrogens with one attached hydrogen (secondary N) is 2. The molecule has 0 saturated carbocycles. The molecule has 1 heterocycles. The van der Waals surface area contributed by atoms with E-state index in [0.29, 0.717) is 23.1 Å². The first-order valence-corrected chi connectivity index (χ1v) is 11.1. The van der Waals surface area contributed by atoms with Crippen LogP contribution in [-0.4, -0.2) is 25.0 Å². The van der Waals surface area contributed by atoms with Crippen molar-refractivity contribution < 1.29 is 14.3 Å². The number of amides is 1. The maximum Gasteiger partial charge on any atom is 0.341 e. The summed E-state index contributed by atoms with van der Waals surface area (Å²) in [6, 6.07) is 5.86. The monoisotopic (exact) mass is 464 g/mol. The summed E-state index contributed by atoms with van der Waals surface area (Å²) in [6.45, 7) is 6.46. The lowest BCUT2D eigenvalue weighted by Gasteiger charge is -2.18. The number of aryl methyl sites for hydroxylation is 1. The zero-order valence-electron chi connectivity index (χ0n) is 16.4. The van der Waals surface area contributed by atoms with Crippen molar-refractivity contribution in [2.45, 2.75) is 40.0 Å². The van der Waals surface area contributed by atoms with Gasteiger partial charge in [-0.1, -0.05) is 28.9 Å². The second-order valence-electron chi connectivity index (χ2n) is 7.14. The number of hydrogen-bond acceptors (Lipinski definition) is 5. The molecule has 7 heteroatoms. The molecule has 1 amide bonds.